The lowest BCUT2D eigenvalue weighted by Gasteiger charge is -2.05. The SMILES string of the molecule is CC(C)c1cn(CCO)c2cccc(C(=O)O)c12. The van der Waals surface area contributed by atoms with Crippen molar-refractivity contribution < 1.29 is 15.0 Å². The molecule has 0 saturated heterocycles. The molecular formula is C14H17NO3. The number of carboxylic acid groups (broad SMARTS) is 1. The molecule has 2 N–H and O–H groups in total. The molecule has 0 saturated carbocycles. The predicted octanol–water partition coefficient (Wildman–Crippen LogP) is 2.46. The van der Waals surface area contributed by atoms with Crippen LogP contribution in [0.3, 0.4) is 0 Å². The Hall–Kier alpha value is -1.81. The number of aliphatic hydroxyl groups is 1. The zero-order chi connectivity index (χ0) is 13.3. The topological polar surface area (TPSA) is 62.5 Å². The van der Waals surface area contributed by atoms with Crippen LogP contribution < -0.4 is 0 Å². The third-order valence-corrected chi connectivity index (χ3v) is 3.13. The summed E-state index contributed by atoms with van der Waals surface area (Å²) in [7, 11) is 0. The molecule has 0 spiro atoms. The summed E-state index contributed by atoms with van der Waals surface area (Å²) >= 11 is 0. The number of aliphatic hydroxyl groups excluding tert-OH is 1. The highest BCUT2D eigenvalue weighted by Crippen LogP contribution is 2.30. The quantitative estimate of drug-likeness (QED) is 0.872. The van der Waals surface area contributed by atoms with E-state index in [2.05, 4.69) is 0 Å². The molecule has 2 rings (SSSR count). The van der Waals surface area contributed by atoms with Gasteiger partial charge in [-0.15, -0.1) is 0 Å². The van der Waals surface area contributed by atoms with Crippen LogP contribution in [0.4, 0.5) is 0 Å². The largest absolute Gasteiger partial charge is 0.478 e. The van der Waals surface area contributed by atoms with Crippen LogP contribution in [-0.2, 0) is 6.54 Å². The second-order valence-electron chi connectivity index (χ2n) is 4.66. The third kappa shape index (κ3) is 1.99. The minimum atomic E-state index is -0.913. The highest BCUT2D eigenvalue weighted by molar-refractivity contribution is 6.04. The fourth-order valence-electron chi connectivity index (χ4n) is 2.29. The average Bonchev–Trinajstić information content (AvgIpc) is 2.69. The molecule has 96 valence electrons. The van der Waals surface area contributed by atoms with Gasteiger partial charge in [0.05, 0.1) is 12.2 Å². The number of benzene rings is 1. The van der Waals surface area contributed by atoms with Crippen LogP contribution in [0.2, 0.25) is 0 Å². The molecule has 1 aromatic heterocycles. The summed E-state index contributed by atoms with van der Waals surface area (Å²) < 4.78 is 1.91. The second-order valence-corrected chi connectivity index (χ2v) is 4.66. The summed E-state index contributed by atoms with van der Waals surface area (Å²) in [6.45, 7) is 4.60. The predicted molar refractivity (Wildman–Crippen MR) is 70.1 cm³/mol. The number of carbonyl (C=O) groups is 1. The Morgan fingerprint density at radius 2 is 2.11 bits per heavy atom. The molecule has 0 fully saturated rings. The van der Waals surface area contributed by atoms with E-state index in [4.69, 9.17) is 5.11 Å². The Kier molecular flexibility index (Phi) is 3.39. The smallest absolute Gasteiger partial charge is 0.336 e. The number of aromatic nitrogens is 1. The van der Waals surface area contributed by atoms with Gasteiger partial charge in [0.2, 0.25) is 0 Å². The Bertz CT molecular complexity index is 584. The summed E-state index contributed by atoms with van der Waals surface area (Å²) in [5.74, 6) is -0.669. The van der Waals surface area contributed by atoms with Crippen molar-refractivity contribution in [3.63, 3.8) is 0 Å². The summed E-state index contributed by atoms with van der Waals surface area (Å²) in [5, 5.41) is 19.1. The molecular weight excluding hydrogens is 230 g/mol. The van der Waals surface area contributed by atoms with Gasteiger partial charge in [0.1, 0.15) is 0 Å². The fourth-order valence-corrected chi connectivity index (χ4v) is 2.29. The molecule has 1 heterocycles. The molecule has 0 atom stereocenters. The van der Waals surface area contributed by atoms with Gasteiger partial charge in [-0.3, -0.25) is 0 Å². The van der Waals surface area contributed by atoms with Gasteiger partial charge in [0.15, 0.2) is 0 Å². The van der Waals surface area contributed by atoms with Gasteiger partial charge < -0.3 is 14.8 Å². The fraction of sp³-hybridized carbons (Fsp3) is 0.357. The standard InChI is InChI=1S/C14H17NO3/c1-9(2)11-8-15(6-7-16)12-5-3-4-10(13(11)12)14(17)18/h3-5,8-9,16H,6-7H2,1-2H3,(H,17,18). The van der Waals surface area contributed by atoms with Crippen molar-refractivity contribution in [2.24, 2.45) is 0 Å². The molecule has 4 nitrogen and oxygen atoms in total. The molecule has 0 bridgehead atoms. The minimum absolute atomic E-state index is 0.0403. The van der Waals surface area contributed by atoms with Gasteiger partial charge in [-0.1, -0.05) is 19.9 Å². The van der Waals surface area contributed by atoms with Crippen molar-refractivity contribution >= 4 is 16.9 Å². The summed E-state index contributed by atoms with van der Waals surface area (Å²) in [6, 6.07) is 5.26. The molecule has 0 aliphatic heterocycles. The van der Waals surface area contributed by atoms with Crippen molar-refractivity contribution in [1.29, 1.82) is 0 Å². The molecule has 0 aliphatic carbocycles. The first-order valence-electron chi connectivity index (χ1n) is 6.02. The van der Waals surface area contributed by atoms with E-state index in [1.807, 2.05) is 30.7 Å². The van der Waals surface area contributed by atoms with Gasteiger partial charge in [0.25, 0.3) is 0 Å². The van der Waals surface area contributed by atoms with Crippen LogP contribution in [0.15, 0.2) is 24.4 Å². The molecule has 0 aliphatic rings. The Labute approximate surface area is 105 Å². The van der Waals surface area contributed by atoms with Crippen LogP contribution >= 0.6 is 0 Å². The van der Waals surface area contributed by atoms with E-state index in [9.17, 15) is 9.90 Å². The molecule has 0 unspecified atom stereocenters. The first-order chi connectivity index (χ1) is 8.56. The molecule has 4 heteroatoms. The maximum Gasteiger partial charge on any atom is 0.336 e. The number of fused-ring (bicyclic) bond motifs is 1. The Balaban J connectivity index is 2.78. The van der Waals surface area contributed by atoms with Gasteiger partial charge in [-0.05, 0) is 23.6 Å². The summed E-state index contributed by atoms with van der Waals surface area (Å²) in [4.78, 5) is 11.3. The average molecular weight is 247 g/mol. The van der Waals surface area contributed by atoms with Crippen LogP contribution in [0.5, 0.6) is 0 Å². The van der Waals surface area contributed by atoms with E-state index in [1.54, 1.807) is 12.1 Å². The van der Waals surface area contributed by atoms with Crippen molar-refractivity contribution in [2.45, 2.75) is 26.3 Å². The van der Waals surface area contributed by atoms with Crippen molar-refractivity contribution in [1.82, 2.24) is 4.57 Å². The van der Waals surface area contributed by atoms with Gasteiger partial charge in [0, 0.05) is 23.6 Å². The molecule has 2 aromatic rings. The monoisotopic (exact) mass is 247 g/mol. The lowest BCUT2D eigenvalue weighted by molar-refractivity contribution is 0.0699. The number of hydrogen-bond donors (Lipinski definition) is 2. The van der Waals surface area contributed by atoms with Crippen molar-refractivity contribution in [3.05, 3.63) is 35.5 Å². The maximum atomic E-state index is 11.3. The second kappa shape index (κ2) is 4.82. The van der Waals surface area contributed by atoms with Crippen LogP contribution in [0, 0.1) is 0 Å². The highest BCUT2D eigenvalue weighted by atomic mass is 16.4. The van der Waals surface area contributed by atoms with E-state index in [0.29, 0.717) is 12.1 Å². The molecule has 0 radical (unpaired) electrons. The van der Waals surface area contributed by atoms with Gasteiger partial charge in [-0.25, -0.2) is 4.79 Å². The lowest BCUT2D eigenvalue weighted by atomic mass is 9.99. The third-order valence-electron chi connectivity index (χ3n) is 3.13. The minimum Gasteiger partial charge on any atom is -0.478 e. The van der Waals surface area contributed by atoms with Gasteiger partial charge in [-0.2, -0.15) is 0 Å². The van der Waals surface area contributed by atoms with Crippen molar-refractivity contribution in [3.8, 4) is 0 Å². The number of hydrogen-bond acceptors (Lipinski definition) is 2. The number of nitrogens with zero attached hydrogens (tertiary/aromatic N) is 1. The zero-order valence-corrected chi connectivity index (χ0v) is 10.6. The first kappa shape index (κ1) is 12.6. The number of rotatable bonds is 4. The van der Waals surface area contributed by atoms with Crippen LogP contribution in [0.1, 0.15) is 35.7 Å². The molecule has 1 aromatic carbocycles. The van der Waals surface area contributed by atoms with Crippen LogP contribution in [-0.4, -0.2) is 27.4 Å². The lowest BCUT2D eigenvalue weighted by Crippen LogP contribution is -2.01. The Morgan fingerprint density at radius 3 is 2.67 bits per heavy atom. The van der Waals surface area contributed by atoms with Crippen molar-refractivity contribution in [2.75, 3.05) is 6.61 Å². The Morgan fingerprint density at radius 1 is 1.39 bits per heavy atom. The first-order valence-corrected chi connectivity index (χ1v) is 6.02. The van der Waals surface area contributed by atoms with E-state index in [0.717, 1.165) is 16.5 Å². The van der Waals surface area contributed by atoms with E-state index in [1.165, 1.54) is 0 Å². The van der Waals surface area contributed by atoms with Gasteiger partial charge >= 0.3 is 5.97 Å². The summed E-state index contributed by atoms with van der Waals surface area (Å²) in [5.41, 5.74) is 2.21. The number of aromatic carboxylic acids is 1. The normalized spacial score (nSPS) is 11.3. The van der Waals surface area contributed by atoms with Crippen LogP contribution in [0.25, 0.3) is 10.9 Å². The number of carboxylic acids is 1. The molecule has 0 amide bonds. The summed E-state index contributed by atoms with van der Waals surface area (Å²) in [6.07, 6.45) is 1.94. The maximum absolute atomic E-state index is 11.3. The zero-order valence-electron chi connectivity index (χ0n) is 10.6. The van der Waals surface area contributed by atoms with E-state index < -0.39 is 5.97 Å². The highest BCUT2D eigenvalue weighted by Gasteiger charge is 2.17. The van der Waals surface area contributed by atoms with E-state index >= 15 is 0 Å². The van der Waals surface area contributed by atoms with E-state index in [-0.39, 0.29) is 12.5 Å². The molecule has 18 heavy (non-hydrogen) atoms.